The van der Waals surface area contributed by atoms with Gasteiger partial charge in [0, 0.05) is 5.56 Å². The lowest BCUT2D eigenvalue weighted by atomic mass is 10.1. The molecule has 0 bridgehead atoms. The van der Waals surface area contributed by atoms with Gasteiger partial charge in [0.1, 0.15) is 11.9 Å². The summed E-state index contributed by atoms with van der Waals surface area (Å²) in [5.41, 5.74) is 1.13. The molecule has 1 unspecified atom stereocenters. The number of fused-ring (bicyclic) bond motifs is 1. The fourth-order valence-electron chi connectivity index (χ4n) is 1.14. The summed E-state index contributed by atoms with van der Waals surface area (Å²) in [6.07, 6.45) is 3.95. The van der Waals surface area contributed by atoms with Gasteiger partial charge >= 0.3 is 0 Å². The molecule has 11 heavy (non-hydrogen) atoms. The SMILES string of the molecule is [CH2]C1C=Cc2ccccc2O1. The molecule has 1 heterocycles. The number of rotatable bonds is 0. The second kappa shape index (κ2) is 2.42. The number of benzene rings is 1. The normalized spacial score (nSPS) is 20.6. The van der Waals surface area contributed by atoms with Gasteiger partial charge in [-0.05, 0) is 19.1 Å². The molecule has 1 heteroatoms. The summed E-state index contributed by atoms with van der Waals surface area (Å²) in [5, 5.41) is 0. The van der Waals surface area contributed by atoms with Gasteiger partial charge in [-0.25, -0.2) is 0 Å². The molecule has 0 saturated heterocycles. The van der Waals surface area contributed by atoms with Gasteiger partial charge in [-0.15, -0.1) is 0 Å². The molecule has 1 nitrogen and oxygen atoms in total. The van der Waals surface area contributed by atoms with Crippen molar-refractivity contribution in [2.45, 2.75) is 6.10 Å². The molecule has 1 aliphatic heterocycles. The summed E-state index contributed by atoms with van der Waals surface area (Å²) >= 11 is 0. The fraction of sp³-hybridized carbons (Fsp3) is 0.100. The summed E-state index contributed by atoms with van der Waals surface area (Å²) < 4.78 is 5.43. The molecule has 0 amide bonds. The first-order valence-electron chi connectivity index (χ1n) is 3.63. The maximum absolute atomic E-state index is 5.43. The Kier molecular flexibility index (Phi) is 1.42. The molecule has 55 valence electrons. The van der Waals surface area contributed by atoms with E-state index in [1.165, 1.54) is 0 Å². The minimum Gasteiger partial charge on any atom is -0.486 e. The minimum absolute atomic E-state index is 0.0371. The highest BCUT2D eigenvalue weighted by Gasteiger charge is 2.08. The first kappa shape index (κ1) is 6.47. The third-order valence-corrected chi connectivity index (χ3v) is 1.69. The van der Waals surface area contributed by atoms with Gasteiger partial charge in [-0.1, -0.05) is 24.3 Å². The van der Waals surface area contributed by atoms with Crippen LogP contribution in [0.15, 0.2) is 30.3 Å². The Morgan fingerprint density at radius 3 is 3.00 bits per heavy atom. The van der Waals surface area contributed by atoms with Gasteiger partial charge in [0.05, 0.1) is 0 Å². The molecule has 0 fully saturated rings. The van der Waals surface area contributed by atoms with E-state index in [9.17, 15) is 0 Å². The second-order valence-electron chi connectivity index (χ2n) is 2.55. The van der Waals surface area contributed by atoms with E-state index in [0.717, 1.165) is 11.3 Å². The molecule has 2 rings (SSSR count). The van der Waals surface area contributed by atoms with E-state index in [-0.39, 0.29) is 6.10 Å². The molecular formula is C10H9O. The summed E-state index contributed by atoms with van der Waals surface area (Å²) in [4.78, 5) is 0. The lowest BCUT2D eigenvalue weighted by molar-refractivity contribution is 0.290. The van der Waals surface area contributed by atoms with Crippen LogP contribution in [0.3, 0.4) is 0 Å². The lowest BCUT2D eigenvalue weighted by Crippen LogP contribution is -2.11. The van der Waals surface area contributed by atoms with E-state index < -0.39 is 0 Å². The Balaban J connectivity index is 2.46. The van der Waals surface area contributed by atoms with Crippen molar-refractivity contribution in [3.63, 3.8) is 0 Å². The summed E-state index contributed by atoms with van der Waals surface area (Å²) in [6.45, 7) is 3.79. The molecule has 1 aliphatic rings. The molecule has 0 aromatic heterocycles. The Labute approximate surface area is 66.3 Å². The van der Waals surface area contributed by atoms with Crippen molar-refractivity contribution in [2.75, 3.05) is 0 Å². The Hall–Kier alpha value is -1.24. The lowest BCUT2D eigenvalue weighted by Gasteiger charge is -2.17. The largest absolute Gasteiger partial charge is 0.486 e. The van der Waals surface area contributed by atoms with E-state index in [2.05, 4.69) is 6.92 Å². The number of hydrogen-bond donors (Lipinski definition) is 0. The van der Waals surface area contributed by atoms with Crippen LogP contribution in [0.1, 0.15) is 5.56 Å². The van der Waals surface area contributed by atoms with Gasteiger partial charge < -0.3 is 4.74 Å². The molecule has 0 aliphatic carbocycles. The van der Waals surface area contributed by atoms with E-state index in [1.807, 2.05) is 36.4 Å². The van der Waals surface area contributed by atoms with Crippen LogP contribution in [0.4, 0.5) is 0 Å². The van der Waals surface area contributed by atoms with Crippen molar-refractivity contribution in [3.8, 4) is 5.75 Å². The molecule has 0 saturated carbocycles. The fourth-order valence-corrected chi connectivity index (χ4v) is 1.14. The molecule has 1 aromatic rings. The molecular weight excluding hydrogens is 136 g/mol. The summed E-state index contributed by atoms with van der Waals surface area (Å²) in [7, 11) is 0. The first-order chi connectivity index (χ1) is 5.36. The van der Waals surface area contributed by atoms with E-state index in [1.54, 1.807) is 0 Å². The van der Waals surface area contributed by atoms with E-state index in [0.29, 0.717) is 0 Å². The zero-order chi connectivity index (χ0) is 7.68. The predicted octanol–water partition coefficient (Wildman–Crippen LogP) is 2.29. The predicted molar refractivity (Wildman–Crippen MR) is 45.2 cm³/mol. The van der Waals surface area contributed by atoms with Crippen molar-refractivity contribution < 1.29 is 4.74 Å². The van der Waals surface area contributed by atoms with Crippen LogP contribution < -0.4 is 4.74 Å². The van der Waals surface area contributed by atoms with Gasteiger partial charge in [-0.3, -0.25) is 0 Å². The topological polar surface area (TPSA) is 9.23 Å². The average Bonchev–Trinajstić information content (AvgIpc) is 2.04. The molecule has 0 N–H and O–H groups in total. The van der Waals surface area contributed by atoms with Crippen LogP contribution in [-0.4, -0.2) is 6.10 Å². The monoisotopic (exact) mass is 145 g/mol. The number of ether oxygens (including phenoxy) is 1. The van der Waals surface area contributed by atoms with Crippen molar-refractivity contribution in [3.05, 3.63) is 42.8 Å². The maximum Gasteiger partial charge on any atom is 0.127 e. The Bertz CT molecular complexity index is 289. The van der Waals surface area contributed by atoms with Gasteiger partial charge in [0.25, 0.3) is 0 Å². The molecule has 1 atom stereocenters. The maximum atomic E-state index is 5.43. The minimum atomic E-state index is -0.0371. The van der Waals surface area contributed by atoms with E-state index >= 15 is 0 Å². The van der Waals surface area contributed by atoms with Crippen LogP contribution in [0.25, 0.3) is 6.08 Å². The highest BCUT2D eigenvalue weighted by atomic mass is 16.5. The van der Waals surface area contributed by atoms with Crippen LogP contribution in [-0.2, 0) is 0 Å². The average molecular weight is 145 g/mol. The van der Waals surface area contributed by atoms with Gasteiger partial charge in [0.2, 0.25) is 0 Å². The Morgan fingerprint density at radius 1 is 1.27 bits per heavy atom. The van der Waals surface area contributed by atoms with Crippen LogP contribution in [0.2, 0.25) is 0 Å². The molecule has 1 radical (unpaired) electrons. The smallest absolute Gasteiger partial charge is 0.127 e. The zero-order valence-corrected chi connectivity index (χ0v) is 6.16. The van der Waals surface area contributed by atoms with Crippen LogP contribution >= 0.6 is 0 Å². The quantitative estimate of drug-likeness (QED) is 0.544. The van der Waals surface area contributed by atoms with Crippen molar-refractivity contribution >= 4 is 6.08 Å². The highest BCUT2D eigenvalue weighted by Crippen LogP contribution is 2.24. The van der Waals surface area contributed by atoms with Crippen LogP contribution in [0, 0.1) is 6.92 Å². The van der Waals surface area contributed by atoms with E-state index in [4.69, 9.17) is 4.74 Å². The number of hydrogen-bond acceptors (Lipinski definition) is 1. The van der Waals surface area contributed by atoms with Crippen molar-refractivity contribution in [1.82, 2.24) is 0 Å². The zero-order valence-electron chi connectivity index (χ0n) is 6.16. The van der Waals surface area contributed by atoms with Gasteiger partial charge in [-0.2, -0.15) is 0 Å². The van der Waals surface area contributed by atoms with Crippen molar-refractivity contribution in [2.24, 2.45) is 0 Å². The van der Waals surface area contributed by atoms with Crippen molar-refractivity contribution in [1.29, 1.82) is 0 Å². The molecule has 1 aromatic carbocycles. The van der Waals surface area contributed by atoms with Gasteiger partial charge in [0.15, 0.2) is 0 Å². The summed E-state index contributed by atoms with van der Waals surface area (Å²) in [5.74, 6) is 0.926. The molecule has 0 spiro atoms. The number of para-hydroxylation sites is 1. The highest BCUT2D eigenvalue weighted by molar-refractivity contribution is 5.59. The van der Waals surface area contributed by atoms with Crippen LogP contribution in [0.5, 0.6) is 5.75 Å². The summed E-state index contributed by atoms with van der Waals surface area (Å²) in [6, 6.07) is 7.94. The second-order valence-corrected chi connectivity index (χ2v) is 2.55. The third kappa shape index (κ3) is 1.14. The third-order valence-electron chi connectivity index (χ3n) is 1.69. The Morgan fingerprint density at radius 2 is 2.09 bits per heavy atom. The standard InChI is InChI=1S/C10H9O/c1-8-6-7-9-4-2-3-5-10(9)11-8/h2-8H,1H2. The first-order valence-corrected chi connectivity index (χ1v) is 3.63.